The molecule has 0 aliphatic rings. The molecule has 1 aromatic rings. The van der Waals surface area contributed by atoms with Gasteiger partial charge in [-0.3, -0.25) is 9.00 Å². The van der Waals surface area contributed by atoms with Crippen molar-refractivity contribution in [2.75, 3.05) is 12.0 Å². The van der Waals surface area contributed by atoms with Crippen LogP contribution in [0, 0.1) is 0 Å². The maximum absolute atomic E-state index is 11.7. The molecule has 1 heterocycles. The van der Waals surface area contributed by atoms with Crippen LogP contribution in [0.2, 0.25) is 0 Å². The highest BCUT2D eigenvalue weighted by Crippen LogP contribution is 2.20. The molecular weight excluding hydrogens is 308 g/mol. The van der Waals surface area contributed by atoms with Gasteiger partial charge in [0.2, 0.25) is 15.9 Å². The first-order valence-corrected chi connectivity index (χ1v) is 9.48. The van der Waals surface area contributed by atoms with Crippen molar-refractivity contribution in [3.05, 3.63) is 17.0 Å². The van der Waals surface area contributed by atoms with Crippen LogP contribution in [0.5, 0.6) is 0 Å². The molecule has 0 aliphatic carbocycles. The predicted molar refractivity (Wildman–Crippen MR) is 75.9 cm³/mol. The summed E-state index contributed by atoms with van der Waals surface area (Å²) in [6.07, 6.45) is 1.65. The average molecular weight is 324 g/mol. The number of carbonyl (C=O) groups is 1. The Labute approximate surface area is 118 Å². The minimum atomic E-state index is -3.71. The summed E-state index contributed by atoms with van der Waals surface area (Å²) in [7, 11) is -4.68. The van der Waals surface area contributed by atoms with Crippen molar-refractivity contribution in [1.29, 1.82) is 0 Å². The Bertz CT molecular complexity index is 579. The standard InChI is InChI=1S/C10H16N2O4S3/c1-7(6-18(2)14)12-9(13)5-8-3-4-10(17-8)19(11,15)16/h3-4,7H,5-6H2,1-2H3,(H,12,13)(H2,11,15,16). The number of hydrogen-bond acceptors (Lipinski definition) is 5. The van der Waals surface area contributed by atoms with Gasteiger partial charge >= 0.3 is 0 Å². The highest BCUT2D eigenvalue weighted by Gasteiger charge is 2.14. The van der Waals surface area contributed by atoms with E-state index in [0.29, 0.717) is 10.6 Å². The zero-order valence-electron chi connectivity index (χ0n) is 10.6. The fourth-order valence-electron chi connectivity index (χ4n) is 1.48. The van der Waals surface area contributed by atoms with Gasteiger partial charge in [-0.25, -0.2) is 13.6 Å². The predicted octanol–water partition coefficient (Wildman–Crippen LogP) is -0.179. The fourth-order valence-corrected chi connectivity index (χ4v) is 4.05. The second-order valence-corrected chi connectivity index (χ2v) is 8.59. The summed E-state index contributed by atoms with van der Waals surface area (Å²) in [6, 6.07) is 2.76. The topological polar surface area (TPSA) is 106 Å². The number of nitrogens with two attached hydrogens (primary N) is 1. The first-order chi connectivity index (χ1) is 8.68. The molecule has 0 aromatic carbocycles. The molecule has 0 saturated carbocycles. The summed E-state index contributed by atoms with van der Waals surface area (Å²) >= 11 is 0.975. The molecule has 1 aromatic heterocycles. The molecule has 0 bridgehead atoms. The molecule has 6 nitrogen and oxygen atoms in total. The molecule has 1 amide bonds. The quantitative estimate of drug-likeness (QED) is 0.757. The van der Waals surface area contributed by atoms with Crippen molar-refractivity contribution in [3.8, 4) is 0 Å². The van der Waals surface area contributed by atoms with E-state index in [2.05, 4.69) is 5.32 Å². The highest BCUT2D eigenvalue weighted by molar-refractivity contribution is 7.91. The van der Waals surface area contributed by atoms with E-state index in [0.717, 1.165) is 11.3 Å². The molecule has 0 spiro atoms. The Morgan fingerprint density at radius 1 is 1.53 bits per heavy atom. The lowest BCUT2D eigenvalue weighted by Crippen LogP contribution is -2.36. The lowest BCUT2D eigenvalue weighted by atomic mass is 10.3. The van der Waals surface area contributed by atoms with Crippen LogP contribution in [0.3, 0.4) is 0 Å². The van der Waals surface area contributed by atoms with Crippen molar-refractivity contribution >= 4 is 38.1 Å². The van der Waals surface area contributed by atoms with Crippen molar-refractivity contribution in [3.63, 3.8) is 0 Å². The third-order valence-corrected chi connectivity index (χ3v) is 5.64. The largest absolute Gasteiger partial charge is 0.352 e. The normalized spacial score (nSPS) is 14.9. The monoisotopic (exact) mass is 324 g/mol. The first kappa shape index (κ1) is 16.3. The number of sulfonamides is 1. The van der Waals surface area contributed by atoms with E-state index >= 15 is 0 Å². The van der Waals surface area contributed by atoms with E-state index in [1.807, 2.05) is 0 Å². The van der Waals surface area contributed by atoms with E-state index in [1.165, 1.54) is 6.07 Å². The third kappa shape index (κ3) is 5.81. The Hall–Kier alpha value is -0.770. The van der Waals surface area contributed by atoms with Crippen LogP contribution in [-0.4, -0.2) is 36.6 Å². The minimum absolute atomic E-state index is 0.0398. The van der Waals surface area contributed by atoms with E-state index in [1.54, 1.807) is 19.2 Å². The zero-order chi connectivity index (χ0) is 14.6. The highest BCUT2D eigenvalue weighted by atomic mass is 32.2. The molecule has 0 saturated heterocycles. The van der Waals surface area contributed by atoms with Gasteiger partial charge in [0, 0.05) is 33.7 Å². The van der Waals surface area contributed by atoms with Crippen LogP contribution < -0.4 is 10.5 Å². The van der Waals surface area contributed by atoms with Crippen molar-refractivity contribution in [2.24, 2.45) is 5.14 Å². The average Bonchev–Trinajstić information content (AvgIpc) is 2.63. The van der Waals surface area contributed by atoms with E-state index in [4.69, 9.17) is 5.14 Å². The van der Waals surface area contributed by atoms with Crippen molar-refractivity contribution in [2.45, 2.75) is 23.6 Å². The van der Waals surface area contributed by atoms with Gasteiger partial charge < -0.3 is 5.32 Å². The molecule has 1 rings (SSSR count). The second-order valence-electron chi connectivity index (χ2n) is 4.15. The summed E-state index contributed by atoms with van der Waals surface area (Å²) in [4.78, 5) is 12.3. The summed E-state index contributed by atoms with van der Waals surface area (Å²) in [5.74, 6) is 0.152. The smallest absolute Gasteiger partial charge is 0.247 e. The lowest BCUT2D eigenvalue weighted by Gasteiger charge is -2.11. The van der Waals surface area contributed by atoms with Crippen LogP contribution in [-0.2, 0) is 32.0 Å². The SMILES string of the molecule is CC(CS(C)=O)NC(=O)Cc1ccc(S(N)(=O)=O)s1. The second kappa shape index (κ2) is 6.60. The van der Waals surface area contributed by atoms with Crippen LogP contribution in [0.15, 0.2) is 16.3 Å². The number of nitrogens with one attached hydrogen (secondary N) is 1. The third-order valence-electron chi connectivity index (χ3n) is 2.14. The van der Waals surface area contributed by atoms with E-state index < -0.39 is 20.8 Å². The van der Waals surface area contributed by atoms with Gasteiger partial charge in [-0.05, 0) is 19.1 Å². The van der Waals surface area contributed by atoms with Crippen molar-refractivity contribution < 1.29 is 17.4 Å². The molecular formula is C10H16N2O4S3. The molecule has 3 N–H and O–H groups in total. The summed E-state index contributed by atoms with van der Waals surface area (Å²) in [5.41, 5.74) is 0. The van der Waals surface area contributed by atoms with Crippen LogP contribution in [0.25, 0.3) is 0 Å². The van der Waals surface area contributed by atoms with Crippen LogP contribution in [0.1, 0.15) is 11.8 Å². The number of carbonyl (C=O) groups excluding carboxylic acids is 1. The molecule has 2 atom stereocenters. The molecule has 9 heteroatoms. The Kier molecular flexibility index (Phi) is 5.65. The number of rotatable bonds is 6. The zero-order valence-corrected chi connectivity index (χ0v) is 13.0. The Balaban J connectivity index is 2.58. The number of primary sulfonamides is 1. The maximum Gasteiger partial charge on any atom is 0.247 e. The van der Waals surface area contributed by atoms with Crippen LogP contribution in [0.4, 0.5) is 0 Å². The van der Waals surface area contributed by atoms with Crippen LogP contribution >= 0.6 is 11.3 Å². The number of thiophene rings is 1. The lowest BCUT2D eigenvalue weighted by molar-refractivity contribution is -0.120. The van der Waals surface area contributed by atoms with E-state index in [-0.39, 0.29) is 22.6 Å². The maximum atomic E-state index is 11.7. The van der Waals surface area contributed by atoms with Gasteiger partial charge in [0.25, 0.3) is 0 Å². The van der Waals surface area contributed by atoms with Gasteiger partial charge in [0.05, 0.1) is 6.42 Å². The minimum Gasteiger partial charge on any atom is -0.352 e. The van der Waals surface area contributed by atoms with E-state index in [9.17, 15) is 17.4 Å². The summed E-state index contributed by atoms with van der Waals surface area (Å²) < 4.78 is 33.2. The molecule has 0 radical (unpaired) electrons. The number of amides is 1. The van der Waals surface area contributed by atoms with Gasteiger partial charge in [-0.15, -0.1) is 11.3 Å². The molecule has 2 unspecified atom stereocenters. The summed E-state index contributed by atoms with van der Waals surface area (Å²) in [5, 5.41) is 7.69. The van der Waals surface area contributed by atoms with Gasteiger partial charge in [0.15, 0.2) is 0 Å². The van der Waals surface area contributed by atoms with Gasteiger partial charge in [0.1, 0.15) is 4.21 Å². The summed E-state index contributed by atoms with van der Waals surface area (Å²) in [6.45, 7) is 1.77. The molecule has 19 heavy (non-hydrogen) atoms. The Morgan fingerprint density at radius 2 is 2.16 bits per heavy atom. The van der Waals surface area contributed by atoms with Gasteiger partial charge in [-0.2, -0.15) is 0 Å². The molecule has 0 fully saturated rings. The first-order valence-electron chi connectivity index (χ1n) is 5.39. The number of hydrogen-bond donors (Lipinski definition) is 2. The van der Waals surface area contributed by atoms with Crippen molar-refractivity contribution in [1.82, 2.24) is 5.32 Å². The molecule has 0 aliphatic heterocycles. The fraction of sp³-hybridized carbons (Fsp3) is 0.500. The Morgan fingerprint density at radius 3 is 2.63 bits per heavy atom. The van der Waals surface area contributed by atoms with Gasteiger partial charge in [-0.1, -0.05) is 0 Å². The molecule has 108 valence electrons.